The van der Waals surface area contributed by atoms with Gasteiger partial charge in [0, 0.05) is 5.02 Å². The monoisotopic (exact) mass is 252 g/mol. The van der Waals surface area contributed by atoms with Gasteiger partial charge in [-0.2, -0.15) is 0 Å². The fourth-order valence-corrected chi connectivity index (χ4v) is 1.82. The van der Waals surface area contributed by atoms with Crippen LogP contribution in [-0.2, 0) is 0 Å². The van der Waals surface area contributed by atoms with E-state index in [-0.39, 0.29) is 11.5 Å². The molecule has 0 saturated carbocycles. The number of rotatable bonds is 2. The Morgan fingerprint density at radius 2 is 1.88 bits per heavy atom. The van der Waals surface area contributed by atoms with Crippen LogP contribution in [0.15, 0.2) is 36.4 Å². The predicted octanol–water partition coefficient (Wildman–Crippen LogP) is 3.86. The van der Waals surface area contributed by atoms with E-state index >= 15 is 0 Å². The Hall–Kier alpha value is -1.74. The van der Waals surface area contributed by atoms with E-state index in [1.165, 1.54) is 31.4 Å². The smallest absolute Gasteiger partial charge is 0.165 e. The summed E-state index contributed by atoms with van der Waals surface area (Å²) in [5.74, 6) is -0.229. The van der Waals surface area contributed by atoms with Crippen LogP contribution >= 0.6 is 11.6 Å². The van der Waals surface area contributed by atoms with Crippen molar-refractivity contribution in [3.8, 4) is 22.6 Å². The number of hydrogen-bond acceptors (Lipinski definition) is 2. The lowest BCUT2D eigenvalue weighted by atomic mass is 10.1. The van der Waals surface area contributed by atoms with Crippen LogP contribution in [-0.4, -0.2) is 12.2 Å². The van der Waals surface area contributed by atoms with E-state index in [2.05, 4.69) is 0 Å². The van der Waals surface area contributed by atoms with Crippen LogP contribution in [0.4, 0.5) is 4.39 Å². The first kappa shape index (κ1) is 11.7. The van der Waals surface area contributed by atoms with Crippen LogP contribution in [0.25, 0.3) is 11.1 Å². The lowest BCUT2D eigenvalue weighted by Gasteiger charge is -2.06. The first-order valence-corrected chi connectivity index (χ1v) is 5.31. The second kappa shape index (κ2) is 4.63. The SMILES string of the molecule is COc1ccc(-c2cc(O)cc(Cl)c2)cc1F. The zero-order chi connectivity index (χ0) is 12.4. The van der Waals surface area contributed by atoms with Gasteiger partial charge in [-0.3, -0.25) is 0 Å². The second-order valence-electron chi connectivity index (χ2n) is 3.55. The maximum absolute atomic E-state index is 13.5. The normalized spacial score (nSPS) is 10.3. The molecule has 2 rings (SSSR count). The van der Waals surface area contributed by atoms with Crippen LogP contribution in [0.5, 0.6) is 11.5 Å². The highest BCUT2D eigenvalue weighted by Crippen LogP contribution is 2.30. The third-order valence-electron chi connectivity index (χ3n) is 2.37. The third-order valence-corrected chi connectivity index (χ3v) is 2.59. The van der Waals surface area contributed by atoms with E-state index in [9.17, 15) is 9.50 Å². The molecule has 0 aliphatic heterocycles. The lowest BCUT2D eigenvalue weighted by molar-refractivity contribution is 0.386. The Morgan fingerprint density at radius 3 is 2.47 bits per heavy atom. The van der Waals surface area contributed by atoms with Crippen LogP contribution in [0, 0.1) is 5.82 Å². The maximum Gasteiger partial charge on any atom is 0.165 e. The molecule has 2 aromatic rings. The molecule has 0 unspecified atom stereocenters. The van der Waals surface area contributed by atoms with E-state index in [1.807, 2.05) is 0 Å². The molecule has 0 aliphatic rings. The Bertz CT molecular complexity index is 535. The summed E-state index contributed by atoms with van der Waals surface area (Å²) in [6.45, 7) is 0. The van der Waals surface area contributed by atoms with Crippen LogP contribution in [0.3, 0.4) is 0 Å². The molecule has 0 atom stereocenters. The molecule has 0 fully saturated rings. The second-order valence-corrected chi connectivity index (χ2v) is 3.98. The molecular formula is C13H10ClFO2. The highest BCUT2D eigenvalue weighted by molar-refractivity contribution is 6.31. The molecular weight excluding hydrogens is 243 g/mol. The number of phenolic OH excluding ortho intramolecular Hbond substituents is 1. The Labute approximate surface area is 103 Å². The van der Waals surface area contributed by atoms with Gasteiger partial charge < -0.3 is 9.84 Å². The molecule has 0 aromatic heterocycles. The summed E-state index contributed by atoms with van der Waals surface area (Å²) in [6.07, 6.45) is 0. The molecule has 0 saturated heterocycles. The molecule has 0 bridgehead atoms. The van der Waals surface area contributed by atoms with Crippen molar-refractivity contribution < 1.29 is 14.2 Å². The molecule has 4 heteroatoms. The number of ether oxygens (including phenoxy) is 1. The van der Waals surface area contributed by atoms with Crippen molar-refractivity contribution in [3.63, 3.8) is 0 Å². The average Bonchev–Trinajstić information content (AvgIpc) is 2.27. The molecule has 1 N–H and O–H groups in total. The van der Waals surface area contributed by atoms with Crippen molar-refractivity contribution in [3.05, 3.63) is 47.2 Å². The Morgan fingerprint density at radius 1 is 1.12 bits per heavy atom. The first-order valence-electron chi connectivity index (χ1n) is 4.93. The number of aromatic hydroxyl groups is 1. The van der Waals surface area contributed by atoms with Gasteiger partial charge in [-0.1, -0.05) is 17.7 Å². The maximum atomic E-state index is 13.5. The van der Waals surface area contributed by atoms with Crippen molar-refractivity contribution in [1.82, 2.24) is 0 Å². The van der Waals surface area contributed by atoms with Crippen molar-refractivity contribution in [2.24, 2.45) is 0 Å². The number of methoxy groups -OCH3 is 1. The Balaban J connectivity index is 2.49. The largest absolute Gasteiger partial charge is 0.508 e. The zero-order valence-electron chi connectivity index (χ0n) is 9.08. The summed E-state index contributed by atoms with van der Waals surface area (Å²) in [4.78, 5) is 0. The molecule has 0 radical (unpaired) electrons. The molecule has 17 heavy (non-hydrogen) atoms. The highest BCUT2D eigenvalue weighted by Gasteiger charge is 2.06. The van der Waals surface area contributed by atoms with Crippen molar-refractivity contribution >= 4 is 11.6 Å². The van der Waals surface area contributed by atoms with E-state index in [1.54, 1.807) is 12.1 Å². The minimum Gasteiger partial charge on any atom is -0.508 e. The van der Waals surface area contributed by atoms with Crippen molar-refractivity contribution in [2.45, 2.75) is 0 Å². The lowest BCUT2D eigenvalue weighted by Crippen LogP contribution is -1.88. The van der Waals surface area contributed by atoms with E-state index in [0.29, 0.717) is 16.1 Å². The standard InChI is InChI=1S/C13H10ClFO2/c1-17-13-3-2-8(6-12(13)15)9-4-10(14)7-11(16)5-9/h2-7,16H,1H3. The number of halogens is 2. The fraction of sp³-hybridized carbons (Fsp3) is 0.0769. The fourth-order valence-electron chi connectivity index (χ4n) is 1.59. The Kier molecular flexibility index (Phi) is 3.20. The van der Waals surface area contributed by atoms with Gasteiger partial charge in [-0.15, -0.1) is 0 Å². The number of hydrogen-bond donors (Lipinski definition) is 1. The average molecular weight is 253 g/mol. The summed E-state index contributed by atoms with van der Waals surface area (Å²) >= 11 is 5.82. The molecule has 88 valence electrons. The highest BCUT2D eigenvalue weighted by atomic mass is 35.5. The summed E-state index contributed by atoms with van der Waals surface area (Å²) in [5, 5.41) is 9.82. The summed E-state index contributed by atoms with van der Waals surface area (Å²) in [7, 11) is 1.41. The summed E-state index contributed by atoms with van der Waals surface area (Å²) in [5.41, 5.74) is 1.28. The molecule has 2 nitrogen and oxygen atoms in total. The van der Waals surface area contributed by atoms with Gasteiger partial charge in [0.1, 0.15) is 5.75 Å². The first-order chi connectivity index (χ1) is 8.10. The number of benzene rings is 2. The summed E-state index contributed by atoms with van der Waals surface area (Å²) in [6, 6.07) is 9.17. The van der Waals surface area contributed by atoms with Gasteiger partial charge in [0.2, 0.25) is 0 Å². The van der Waals surface area contributed by atoms with Gasteiger partial charge in [0.15, 0.2) is 11.6 Å². The minimum atomic E-state index is -0.454. The molecule has 0 heterocycles. The summed E-state index contributed by atoms with van der Waals surface area (Å²) < 4.78 is 18.3. The molecule has 2 aromatic carbocycles. The topological polar surface area (TPSA) is 29.5 Å². The van der Waals surface area contributed by atoms with Gasteiger partial charge in [0.25, 0.3) is 0 Å². The van der Waals surface area contributed by atoms with Crippen molar-refractivity contribution in [1.29, 1.82) is 0 Å². The minimum absolute atomic E-state index is 0.0451. The molecule has 0 aliphatic carbocycles. The number of phenols is 1. The van der Waals surface area contributed by atoms with Gasteiger partial charge in [0.05, 0.1) is 7.11 Å². The molecule has 0 amide bonds. The quantitative estimate of drug-likeness (QED) is 0.879. The zero-order valence-corrected chi connectivity index (χ0v) is 9.83. The van der Waals surface area contributed by atoms with Crippen molar-refractivity contribution in [2.75, 3.05) is 7.11 Å². The predicted molar refractivity (Wildman–Crippen MR) is 65.1 cm³/mol. The molecule has 0 spiro atoms. The van der Waals surface area contributed by atoms with Crippen LogP contribution in [0.2, 0.25) is 5.02 Å². The van der Waals surface area contributed by atoms with Crippen LogP contribution < -0.4 is 4.74 Å². The van der Waals surface area contributed by atoms with Crippen LogP contribution in [0.1, 0.15) is 0 Å². The van der Waals surface area contributed by atoms with E-state index < -0.39 is 5.82 Å². The van der Waals surface area contributed by atoms with E-state index in [4.69, 9.17) is 16.3 Å². The van der Waals surface area contributed by atoms with Gasteiger partial charge in [-0.25, -0.2) is 4.39 Å². The van der Waals surface area contributed by atoms with E-state index in [0.717, 1.165) is 0 Å². The van der Waals surface area contributed by atoms with Gasteiger partial charge in [-0.05, 0) is 41.5 Å². The third kappa shape index (κ3) is 2.50. The van der Waals surface area contributed by atoms with Gasteiger partial charge >= 0.3 is 0 Å².